The second-order valence-electron chi connectivity index (χ2n) is 11.0. The van der Waals surface area contributed by atoms with E-state index in [1.54, 1.807) is 30.5 Å². The number of hydrogen-bond donors (Lipinski definition) is 1. The number of thiocarbonyl (C=S) groups is 1. The number of nitrogens with zero attached hydrogens (tertiary/aromatic N) is 4. The Labute approximate surface area is 249 Å². The van der Waals surface area contributed by atoms with Crippen LogP contribution >= 0.6 is 23.8 Å². The highest BCUT2D eigenvalue weighted by atomic mass is 35.5. The number of nitro benzene ring substituents is 1. The summed E-state index contributed by atoms with van der Waals surface area (Å²) in [5.41, 5.74) is 3.03. The minimum atomic E-state index is -0.411. The number of nitro groups is 1. The smallest absolute Gasteiger partial charge is 0.280 e. The summed E-state index contributed by atoms with van der Waals surface area (Å²) >= 11 is 12.8. The second kappa shape index (κ2) is 11.1. The fourth-order valence-corrected chi connectivity index (χ4v) is 6.82. The van der Waals surface area contributed by atoms with Gasteiger partial charge >= 0.3 is 0 Å². The third-order valence-corrected chi connectivity index (χ3v) is 8.42. The summed E-state index contributed by atoms with van der Waals surface area (Å²) in [7, 11) is 0. The molecule has 0 radical (unpaired) electrons. The molecule has 0 saturated carbocycles. The highest BCUT2D eigenvalue weighted by molar-refractivity contribution is 7.80. The number of anilines is 2. The lowest BCUT2D eigenvalue weighted by Gasteiger charge is -2.37. The van der Waals surface area contributed by atoms with Gasteiger partial charge in [0.25, 0.3) is 5.69 Å². The van der Waals surface area contributed by atoms with Gasteiger partial charge in [-0.3, -0.25) is 15.1 Å². The first-order valence-electron chi connectivity index (χ1n) is 13.7. The summed E-state index contributed by atoms with van der Waals surface area (Å²) in [6.07, 6.45) is 2.96. The van der Waals surface area contributed by atoms with Crippen molar-refractivity contribution in [2.24, 2.45) is 11.8 Å². The molecule has 0 amide bonds. The minimum absolute atomic E-state index is 0.0182. The lowest BCUT2D eigenvalue weighted by atomic mass is 9.91. The van der Waals surface area contributed by atoms with Crippen molar-refractivity contribution in [3.05, 3.63) is 106 Å². The largest absolute Gasteiger partial charge is 0.459 e. The molecule has 6 rings (SSSR count). The monoisotopic (exact) mass is 587 g/mol. The lowest BCUT2D eigenvalue weighted by Crippen LogP contribution is -2.38. The fourth-order valence-electron chi connectivity index (χ4n) is 6.18. The fraction of sp³-hybridized carbons (Fsp3) is 0.290. The standard InChI is InChI=1S/C31H30ClN5O3S/c1-19-15-20(2)18-35(17-19)26-11-10-21(16-23(26)32)36-30(29(34-31(36)41)24-8-5-6-14-33-24)28-13-12-27(40-28)22-7-3-4-9-25(22)37(38)39/h3-14,16,19-20,29-30H,15,17-18H2,1-2H3,(H,34,41)/t19-,20-,29+,30+/m1/s1. The number of halogens is 1. The van der Waals surface area contributed by atoms with Crippen LogP contribution in [0.2, 0.25) is 5.02 Å². The van der Waals surface area contributed by atoms with Gasteiger partial charge in [0.1, 0.15) is 17.6 Å². The van der Waals surface area contributed by atoms with E-state index in [1.807, 2.05) is 41.3 Å². The highest BCUT2D eigenvalue weighted by Crippen LogP contribution is 2.45. The van der Waals surface area contributed by atoms with Crippen molar-refractivity contribution in [2.45, 2.75) is 32.4 Å². The number of nitrogens with one attached hydrogen (secondary N) is 1. The molecule has 4 heterocycles. The normalized spacial score (nSPS) is 22.6. The Hall–Kier alpha value is -3.95. The van der Waals surface area contributed by atoms with Gasteiger partial charge in [0.2, 0.25) is 0 Å². The van der Waals surface area contributed by atoms with Crippen molar-refractivity contribution >= 4 is 46.0 Å². The summed E-state index contributed by atoms with van der Waals surface area (Å²) in [5, 5.41) is 16.3. The lowest BCUT2D eigenvalue weighted by molar-refractivity contribution is -0.384. The van der Waals surface area contributed by atoms with Crippen LogP contribution in [0.1, 0.15) is 43.8 Å². The zero-order chi connectivity index (χ0) is 28.7. The summed E-state index contributed by atoms with van der Waals surface area (Å²) < 4.78 is 6.35. The third-order valence-electron chi connectivity index (χ3n) is 7.80. The number of furan rings is 1. The molecule has 1 N–H and O–H groups in total. The van der Waals surface area contributed by atoms with Crippen LogP contribution in [-0.4, -0.2) is 28.1 Å². The Morgan fingerprint density at radius 1 is 1.05 bits per heavy atom. The van der Waals surface area contributed by atoms with Crippen LogP contribution in [0.3, 0.4) is 0 Å². The Bertz CT molecular complexity index is 1590. The number of pyridine rings is 1. The molecule has 4 atom stereocenters. The number of benzene rings is 2. The van der Waals surface area contributed by atoms with Crippen LogP contribution in [0.4, 0.5) is 17.1 Å². The SMILES string of the molecule is C[C@@H]1C[C@@H](C)CN(c2ccc(N3C(=S)N[C@@H](c4ccccn4)[C@@H]3c3ccc(-c4ccccc4[N+](=O)[O-])o3)cc2Cl)C1. The van der Waals surface area contributed by atoms with Crippen LogP contribution in [0.25, 0.3) is 11.3 Å². The van der Waals surface area contributed by atoms with Crippen molar-refractivity contribution in [2.75, 3.05) is 22.9 Å². The van der Waals surface area contributed by atoms with E-state index >= 15 is 0 Å². The number of aromatic nitrogens is 1. The number of piperidine rings is 1. The molecule has 0 aliphatic carbocycles. The molecular weight excluding hydrogens is 558 g/mol. The molecule has 2 saturated heterocycles. The molecule has 2 aliphatic rings. The molecular formula is C31H30ClN5O3S. The molecule has 41 heavy (non-hydrogen) atoms. The molecule has 8 nitrogen and oxygen atoms in total. The number of rotatable bonds is 6. The van der Waals surface area contributed by atoms with Gasteiger partial charge in [0.05, 0.1) is 32.9 Å². The van der Waals surface area contributed by atoms with E-state index in [0.717, 1.165) is 30.2 Å². The molecule has 0 bridgehead atoms. The molecule has 2 aliphatic heterocycles. The summed E-state index contributed by atoms with van der Waals surface area (Å²) in [4.78, 5) is 20.2. The van der Waals surface area contributed by atoms with E-state index in [9.17, 15) is 10.1 Å². The topological polar surface area (TPSA) is 87.7 Å². The quantitative estimate of drug-likeness (QED) is 0.140. The Morgan fingerprint density at radius 3 is 2.51 bits per heavy atom. The predicted molar refractivity (Wildman–Crippen MR) is 165 cm³/mol. The summed E-state index contributed by atoms with van der Waals surface area (Å²) in [6.45, 7) is 6.50. The summed E-state index contributed by atoms with van der Waals surface area (Å²) in [6, 6.07) is 21.2. The summed E-state index contributed by atoms with van der Waals surface area (Å²) in [5.74, 6) is 2.20. The second-order valence-corrected chi connectivity index (χ2v) is 11.8. The van der Waals surface area contributed by atoms with Crippen molar-refractivity contribution in [1.29, 1.82) is 0 Å². The molecule has 0 unspecified atom stereocenters. The zero-order valence-corrected chi connectivity index (χ0v) is 24.3. The maximum absolute atomic E-state index is 11.7. The number of para-hydroxylation sites is 1. The van der Waals surface area contributed by atoms with Gasteiger partial charge in [0, 0.05) is 31.0 Å². The Balaban J connectivity index is 1.40. The molecule has 0 spiro atoms. The van der Waals surface area contributed by atoms with E-state index in [0.29, 0.717) is 39.1 Å². The predicted octanol–water partition coefficient (Wildman–Crippen LogP) is 7.56. The number of hydrogen-bond acceptors (Lipinski definition) is 6. The van der Waals surface area contributed by atoms with Gasteiger partial charge in [-0.05, 0) is 79.0 Å². The van der Waals surface area contributed by atoms with E-state index in [2.05, 4.69) is 35.1 Å². The van der Waals surface area contributed by atoms with Crippen LogP contribution in [0, 0.1) is 22.0 Å². The van der Waals surface area contributed by atoms with E-state index in [-0.39, 0.29) is 11.7 Å². The Kier molecular flexibility index (Phi) is 7.40. The van der Waals surface area contributed by atoms with Gasteiger partial charge in [-0.2, -0.15) is 0 Å². The van der Waals surface area contributed by atoms with Crippen molar-refractivity contribution in [3.8, 4) is 11.3 Å². The minimum Gasteiger partial charge on any atom is -0.459 e. The maximum atomic E-state index is 11.7. The molecule has 2 fully saturated rings. The van der Waals surface area contributed by atoms with Gasteiger partial charge in [-0.25, -0.2) is 0 Å². The van der Waals surface area contributed by atoms with Crippen LogP contribution in [0.15, 0.2) is 83.4 Å². The van der Waals surface area contributed by atoms with Gasteiger partial charge < -0.3 is 19.5 Å². The first-order chi connectivity index (χ1) is 19.8. The first-order valence-corrected chi connectivity index (χ1v) is 14.5. The van der Waals surface area contributed by atoms with Crippen LogP contribution < -0.4 is 15.1 Å². The average Bonchev–Trinajstić information content (AvgIpc) is 3.57. The van der Waals surface area contributed by atoms with Gasteiger partial charge in [-0.1, -0.05) is 43.6 Å². The third kappa shape index (κ3) is 5.27. The maximum Gasteiger partial charge on any atom is 0.280 e. The van der Waals surface area contributed by atoms with Crippen LogP contribution in [-0.2, 0) is 0 Å². The first kappa shape index (κ1) is 27.2. The average molecular weight is 588 g/mol. The molecule has 10 heteroatoms. The van der Waals surface area contributed by atoms with Crippen molar-refractivity contribution in [1.82, 2.24) is 10.3 Å². The Morgan fingerprint density at radius 2 is 1.80 bits per heavy atom. The molecule has 210 valence electrons. The molecule has 2 aromatic heterocycles. The van der Waals surface area contributed by atoms with E-state index in [1.165, 1.54) is 12.5 Å². The van der Waals surface area contributed by atoms with E-state index < -0.39 is 11.0 Å². The zero-order valence-electron chi connectivity index (χ0n) is 22.7. The van der Waals surface area contributed by atoms with Crippen molar-refractivity contribution in [3.63, 3.8) is 0 Å². The van der Waals surface area contributed by atoms with Crippen LogP contribution in [0.5, 0.6) is 0 Å². The van der Waals surface area contributed by atoms with Gasteiger partial charge in [-0.15, -0.1) is 0 Å². The van der Waals surface area contributed by atoms with Gasteiger partial charge in [0.15, 0.2) is 5.11 Å². The highest BCUT2D eigenvalue weighted by Gasteiger charge is 2.43. The molecule has 2 aromatic carbocycles. The van der Waals surface area contributed by atoms with Crippen molar-refractivity contribution < 1.29 is 9.34 Å². The van der Waals surface area contributed by atoms with E-state index in [4.69, 9.17) is 28.2 Å². The molecule has 4 aromatic rings.